The van der Waals surface area contributed by atoms with Crippen LogP contribution in [0.15, 0.2) is 0 Å². The van der Waals surface area contributed by atoms with E-state index in [0.29, 0.717) is 64.4 Å². The van der Waals surface area contributed by atoms with Gasteiger partial charge in [-0.05, 0) is 70.6 Å². The van der Waals surface area contributed by atoms with Gasteiger partial charge in [-0.3, -0.25) is 19.2 Å². The van der Waals surface area contributed by atoms with E-state index in [1.54, 1.807) is 0 Å². The molecule has 1 aliphatic heterocycles. The summed E-state index contributed by atoms with van der Waals surface area (Å²) in [6.07, 6.45) is 11.5. The molecule has 0 aromatic rings. The van der Waals surface area contributed by atoms with E-state index >= 15 is 0 Å². The number of unbranched alkanes of at least 4 members (excludes halogenated alkanes) is 6. The molecule has 1 fully saturated rings. The Labute approximate surface area is 298 Å². The number of aliphatic hydroxyl groups is 6. The summed E-state index contributed by atoms with van der Waals surface area (Å²) in [4.78, 5) is 46.8. The number of aliphatic hydroxyl groups excluding tert-OH is 6. The summed E-state index contributed by atoms with van der Waals surface area (Å²) < 4.78 is 21.1. The zero-order valence-corrected chi connectivity index (χ0v) is 30.7. The van der Waals surface area contributed by atoms with Crippen molar-refractivity contribution in [2.24, 2.45) is 10.8 Å². The second-order valence-corrected chi connectivity index (χ2v) is 12.8. The lowest BCUT2D eigenvalue weighted by Gasteiger charge is -2.31. The molecule has 0 radical (unpaired) electrons. The Balaban J connectivity index is 0. The lowest BCUT2D eigenvalue weighted by molar-refractivity contribution is -0.162. The molecule has 0 bridgehead atoms. The van der Waals surface area contributed by atoms with Crippen LogP contribution in [-0.2, 0) is 38.1 Å². The number of esters is 4. The maximum Gasteiger partial charge on any atom is 0.305 e. The van der Waals surface area contributed by atoms with Crippen LogP contribution in [0, 0.1) is 10.8 Å². The van der Waals surface area contributed by atoms with Gasteiger partial charge in [0, 0.05) is 50.9 Å². The predicted molar refractivity (Wildman–Crippen MR) is 186 cm³/mol. The molecule has 0 saturated carbocycles. The molecular weight excluding hydrogens is 656 g/mol. The van der Waals surface area contributed by atoms with Gasteiger partial charge in [-0.25, -0.2) is 0 Å². The standard InChI is InChI=1S/C24H44O9.C6H14O3.C6H10O2/c1-2-24(18-31-21(28)12-6-3-9-15-25,19-32-22(29)13-7-4-10-16-26)20-33-23(30)14-8-5-11-17-27;1-2-6(3-7,4-8)5-9;7-6-4-2-1-3-5-8-6/h25-27H,2-20H2,1H3;7-9H,2-5H2,1H3;1-5H2. The average molecular weight is 725 g/mol. The molecule has 0 spiro atoms. The largest absolute Gasteiger partial charge is 0.466 e. The van der Waals surface area contributed by atoms with Crippen molar-refractivity contribution in [1.29, 1.82) is 0 Å². The molecule has 0 aromatic carbocycles. The lowest BCUT2D eigenvalue weighted by atomic mass is 9.88. The van der Waals surface area contributed by atoms with Crippen molar-refractivity contribution in [2.45, 2.75) is 129 Å². The number of carbonyl (C=O) groups is 4. The van der Waals surface area contributed by atoms with Crippen LogP contribution in [0.2, 0.25) is 0 Å². The smallest absolute Gasteiger partial charge is 0.305 e. The van der Waals surface area contributed by atoms with Gasteiger partial charge in [0.05, 0.1) is 31.8 Å². The van der Waals surface area contributed by atoms with Gasteiger partial charge in [0.15, 0.2) is 0 Å². The number of ether oxygens (including phenoxy) is 4. The maximum atomic E-state index is 12.1. The monoisotopic (exact) mass is 724 g/mol. The Morgan fingerprint density at radius 1 is 0.560 bits per heavy atom. The molecule has 0 unspecified atom stereocenters. The highest BCUT2D eigenvalue weighted by Crippen LogP contribution is 2.25. The molecule has 1 saturated heterocycles. The molecule has 14 nitrogen and oxygen atoms in total. The van der Waals surface area contributed by atoms with Gasteiger partial charge in [-0.15, -0.1) is 0 Å². The quantitative estimate of drug-likeness (QED) is 0.0428. The predicted octanol–water partition coefficient (Wildman–Crippen LogP) is 3.13. The van der Waals surface area contributed by atoms with Crippen LogP contribution in [0.3, 0.4) is 0 Å². The zero-order chi connectivity index (χ0) is 37.9. The summed E-state index contributed by atoms with van der Waals surface area (Å²) >= 11 is 0. The molecule has 0 amide bonds. The highest BCUT2D eigenvalue weighted by Gasteiger charge is 2.34. The summed E-state index contributed by atoms with van der Waals surface area (Å²) in [6, 6.07) is 0. The summed E-state index contributed by atoms with van der Waals surface area (Å²) in [5, 5.41) is 52.4. The first kappa shape index (κ1) is 49.8. The Hall–Kier alpha value is -2.36. The minimum absolute atomic E-state index is 0.0255. The van der Waals surface area contributed by atoms with Crippen LogP contribution in [-0.4, -0.2) is 121 Å². The number of carbonyl (C=O) groups excluding carboxylic acids is 4. The number of cyclic esters (lactones) is 1. The van der Waals surface area contributed by atoms with Crippen molar-refractivity contribution in [3.8, 4) is 0 Å². The van der Waals surface area contributed by atoms with Crippen LogP contribution in [0.25, 0.3) is 0 Å². The fraction of sp³-hybridized carbons (Fsp3) is 0.889. The Bertz CT molecular complexity index is 750. The molecule has 50 heavy (non-hydrogen) atoms. The van der Waals surface area contributed by atoms with E-state index in [4.69, 9.17) is 49.6 Å². The van der Waals surface area contributed by atoms with Crippen molar-refractivity contribution in [3.05, 3.63) is 0 Å². The van der Waals surface area contributed by atoms with E-state index in [1.807, 2.05) is 13.8 Å². The van der Waals surface area contributed by atoms with E-state index in [9.17, 15) is 19.2 Å². The van der Waals surface area contributed by atoms with Crippen molar-refractivity contribution in [3.63, 3.8) is 0 Å². The average Bonchev–Trinajstić information content (AvgIpc) is 3.39. The van der Waals surface area contributed by atoms with Gasteiger partial charge in [-0.2, -0.15) is 0 Å². The zero-order valence-electron chi connectivity index (χ0n) is 30.7. The first-order valence-electron chi connectivity index (χ1n) is 18.3. The number of hydrogen-bond acceptors (Lipinski definition) is 14. The van der Waals surface area contributed by atoms with Gasteiger partial charge < -0.3 is 49.6 Å². The summed E-state index contributed by atoms with van der Waals surface area (Å²) in [5.41, 5.74) is -1.50. The molecule has 296 valence electrons. The number of hydrogen-bond donors (Lipinski definition) is 6. The second-order valence-electron chi connectivity index (χ2n) is 12.8. The van der Waals surface area contributed by atoms with Gasteiger partial charge >= 0.3 is 23.9 Å². The fourth-order valence-electron chi connectivity index (χ4n) is 4.31. The van der Waals surface area contributed by atoms with E-state index in [-0.39, 0.29) is 103 Å². The van der Waals surface area contributed by atoms with Crippen LogP contribution in [0.5, 0.6) is 0 Å². The van der Waals surface area contributed by atoms with Gasteiger partial charge in [0.1, 0.15) is 19.8 Å². The molecule has 1 heterocycles. The second kappa shape index (κ2) is 33.8. The van der Waals surface area contributed by atoms with Crippen molar-refractivity contribution in [1.82, 2.24) is 0 Å². The van der Waals surface area contributed by atoms with E-state index in [2.05, 4.69) is 0 Å². The lowest BCUT2D eigenvalue weighted by Crippen LogP contribution is -2.39. The van der Waals surface area contributed by atoms with Gasteiger partial charge in [0.25, 0.3) is 0 Å². The Kier molecular flexibility index (Phi) is 33.6. The Morgan fingerprint density at radius 2 is 0.940 bits per heavy atom. The fourth-order valence-corrected chi connectivity index (χ4v) is 4.31. The van der Waals surface area contributed by atoms with E-state index in [0.717, 1.165) is 38.5 Å². The minimum Gasteiger partial charge on any atom is -0.466 e. The summed E-state index contributed by atoms with van der Waals surface area (Å²) in [7, 11) is 0. The molecule has 14 heteroatoms. The molecule has 6 N–H and O–H groups in total. The summed E-state index contributed by atoms with van der Waals surface area (Å²) in [5.74, 6) is -1.16. The highest BCUT2D eigenvalue weighted by molar-refractivity contribution is 5.70. The molecule has 1 rings (SSSR count). The number of rotatable bonds is 26. The Morgan fingerprint density at radius 3 is 1.24 bits per heavy atom. The van der Waals surface area contributed by atoms with Crippen LogP contribution >= 0.6 is 0 Å². The summed E-state index contributed by atoms with van der Waals surface area (Å²) in [6.45, 7) is 4.03. The van der Waals surface area contributed by atoms with E-state index in [1.165, 1.54) is 0 Å². The SMILES string of the molecule is CCC(CO)(CO)CO.CCC(COC(=O)CCCCCO)(COC(=O)CCCCCO)COC(=O)CCCCCO.O=C1CCCCCO1. The topological polar surface area (TPSA) is 227 Å². The molecule has 1 aliphatic rings. The van der Waals surface area contributed by atoms with Crippen molar-refractivity contribution >= 4 is 23.9 Å². The maximum absolute atomic E-state index is 12.1. The van der Waals surface area contributed by atoms with Crippen LogP contribution in [0.1, 0.15) is 129 Å². The third-order valence-electron chi connectivity index (χ3n) is 8.53. The van der Waals surface area contributed by atoms with E-state index < -0.39 is 10.8 Å². The normalized spacial score (nSPS) is 13.1. The van der Waals surface area contributed by atoms with Crippen LogP contribution < -0.4 is 0 Å². The van der Waals surface area contributed by atoms with Crippen molar-refractivity contribution in [2.75, 3.05) is 66.1 Å². The van der Waals surface area contributed by atoms with Crippen molar-refractivity contribution < 1.29 is 68.8 Å². The van der Waals surface area contributed by atoms with Gasteiger partial charge in [0.2, 0.25) is 0 Å². The molecule has 0 atom stereocenters. The minimum atomic E-state index is -0.831. The van der Waals surface area contributed by atoms with Gasteiger partial charge in [-0.1, -0.05) is 33.1 Å². The molecule has 0 aliphatic carbocycles. The first-order chi connectivity index (χ1) is 24.1. The molecular formula is C36H68O14. The van der Waals surface area contributed by atoms with Crippen LogP contribution in [0.4, 0.5) is 0 Å². The highest BCUT2D eigenvalue weighted by atomic mass is 16.6. The molecule has 0 aromatic heterocycles. The first-order valence-corrected chi connectivity index (χ1v) is 18.3. The third kappa shape index (κ3) is 27.4. The third-order valence-corrected chi connectivity index (χ3v) is 8.53.